The van der Waals surface area contributed by atoms with Crippen LogP contribution in [0.2, 0.25) is 0 Å². The normalized spacial score (nSPS) is 29.9. The molecule has 2 aliphatic heterocycles. The summed E-state index contributed by atoms with van der Waals surface area (Å²) in [6.45, 7) is 4.32. The molecule has 0 radical (unpaired) electrons. The predicted octanol–water partition coefficient (Wildman–Crippen LogP) is 0.0651. The molecular weight excluding hydrogens is 178 g/mol. The molecule has 0 saturated carbocycles. The fraction of sp³-hybridized carbons (Fsp3) is 0.900. The van der Waals surface area contributed by atoms with Gasteiger partial charge in [-0.15, -0.1) is 0 Å². The Morgan fingerprint density at radius 2 is 2.43 bits per heavy atom. The molecule has 14 heavy (non-hydrogen) atoms. The molecule has 1 amide bonds. The molecule has 0 spiro atoms. The van der Waals surface area contributed by atoms with Gasteiger partial charge in [0.1, 0.15) is 0 Å². The van der Waals surface area contributed by atoms with Gasteiger partial charge in [-0.25, -0.2) is 5.01 Å². The zero-order valence-corrected chi connectivity index (χ0v) is 8.83. The van der Waals surface area contributed by atoms with Crippen LogP contribution in [-0.4, -0.2) is 49.2 Å². The maximum Gasteiger partial charge on any atom is 0.236 e. The number of rotatable bonds is 2. The first-order valence-electron chi connectivity index (χ1n) is 5.49. The SMILES string of the molecule is CN1C(=O)CCCN1CC1CCNC1. The lowest BCUT2D eigenvalue weighted by Gasteiger charge is -2.37. The van der Waals surface area contributed by atoms with E-state index in [1.165, 1.54) is 6.42 Å². The number of nitrogens with zero attached hydrogens (tertiary/aromatic N) is 2. The van der Waals surface area contributed by atoms with Crippen molar-refractivity contribution in [2.45, 2.75) is 19.3 Å². The van der Waals surface area contributed by atoms with Crippen molar-refractivity contribution >= 4 is 5.91 Å². The van der Waals surface area contributed by atoms with Crippen molar-refractivity contribution in [3.05, 3.63) is 0 Å². The molecule has 4 nitrogen and oxygen atoms in total. The van der Waals surface area contributed by atoms with E-state index < -0.39 is 0 Å². The van der Waals surface area contributed by atoms with Gasteiger partial charge in [0.25, 0.3) is 0 Å². The molecule has 0 bridgehead atoms. The first kappa shape index (κ1) is 9.93. The molecule has 2 heterocycles. The summed E-state index contributed by atoms with van der Waals surface area (Å²) in [6, 6.07) is 0. The topological polar surface area (TPSA) is 35.6 Å². The average Bonchev–Trinajstić information content (AvgIpc) is 2.66. The van der Waals surface area contributed by atoms with Crippen molar-refractivity contribution in [2.75, 3.05) is 33.2 Å². The van der Waals surface area contributed by atoms with E-state index in [2.05, 4.69) is 10.3 Å². The molecule has 2 aliphatic rings. The molecule has 80 valence electrons. The number of carbonyl (C=O) groups excluding carboxylic acids is 1. The third kappa shape index (κ3) is 2.07. The fourth-order valence-corrected chi connectivity index (χ4v) is 2.26. The largest absolute Gasteiger partial charge is 0.316 e. The molecule has 2 fully saturated rings. The van der Waals surface area contributed by atoms with Gasteiger partial charge in [0.05, 0.1) is 0 Å². The third-order valence-corrected chi connectivity index (χ3v) is 3.22. The summed E-state index contributed by atoms with van der Waals surface area (Å²) in [4.78, 5) is 11.4. The second-order valence-corrected chi connectivity index (χ2v) is 4.29. The van der Waals surface area contributed by atoms with Crippen LogP contribution in [0.3, 0.4) is 0 Å². The Hall–Kier alpha value is -0.610. The number of hydrogen-bond donors (Lipinski definition) is 1. The monoisotopic (exact) mass is 197 g/mol. The predicted molar refractivity (Wildman–Crippen MR) is 54.6 cm³/mol. The van der Waals surface area contributed by atoms with Gasteiger partial charge in [0, 0.05) is 26.6 Å². The van der Waals surface area contributed by atoms with Crippen molar-refractivity contribution in [1.29, 1.82) is 0 Å². The summed E-state index contributed by atoms with van der Waals surface area (Å²) in [5.74, 6) is 0.991. The molecular formula is C10H19N3O. The van der Waals surface area contributed by atoms with E-state index in [-0.39, 0.29) is 5.91 Å². The summed E-state index contributed by atoms with van der Waals surface area (Å²) in [7, 11) is 1.89. The van der Waals surface area contributed by atoms with Crippen molar-refractivity contribution in [1.82, 2.24) is 15.3 Å². The standard InChI is InChI=1S/C10H19N3O/c1-12-10(14)3-2-6-13(12)8-9-4-5-11-7-9/h9,11H,2-8H2,1H3. The summed E-state index contributed by atoms with van der Waals surface area (Å²) in [5, 5.41) is 7.36. The van der Waals surface area contributed by atoms with Gasteiger partial charge >= 0.3 is 0 Å². The van der Waals surface area contributed by atoms with Crippen LogP contribution >= 0.6 is 0 Å². The zero-order valence-electron chi connectivity index (χ0n) is 8.83. The zero-order chi connectivity index (χ0) is 9.97. The van der Waals surface area contributed by atoms with E-state index in [0.717, 1.165) is 44.9 Å². The van der Waals surface area contributed by atoms with E-state index >= 15 is 0 Å². The van der Waals surface area contributed by atoms with Gasteiger partial charge in [-0.3, -0.25) is 9.80 Å². The van der Waals surface area contributed by atoms with E-state index in [1.807, 2.05) is 12.1 Å². The fourth-order valence-electron chi connectivity index (χ4n) is 2.26. The minimum Gasteiger partial charge on any atom is -0.316 e. The van der Waals surface area contributed by atoms with Gasteiger partial charge < -0.3 is 5.32 Å². The summed E-state index contributed by atoms with van der Waals surface area (Å²) < 4.78 is 0. The van der Waals surface area contributed by atoms with Crippen LogP contribution < -0.4 is 5.32 Å². The summed E-state index contributed by atoms with van der Waals surface area (Å²) in [6.07, 6.45) is 2.98. The van der Waals surface area contributed by atoms with E-state index in [0.29, 0.717) is 0 Å². The van der Waals surface area contributed by atoms with Gasteiger partial charge in [-0.05, 0) is 31.8 Å². The molecule has 0 aromatic carbocycles. The number of amides is 1. The Kier molecular flexibility index (Phi) is 3.03. The van der Waals surface area contributed by atoms with Crippen LogP contribution in [0.1, 0.15) is 19.3 Å². The van der Waals surface area contributed by atoms with Crippen molar-refractivity contribution < 1.29 is 4.79 Å². The first-order chi connectivity index (χ1) is 6.77. The molecule has 4 heteroatoms. The van der Waals surface area contributed by atoms with Gasteiger partial charge in [-0.2, -0.15) is 0 Å². The quantitative estimate of drug-likeness (QED) is 0.680. The molecule has 1 N–H and O–H groups in total. The maximum absolute atomic E-state index is 11.4. The van der Waals surface area contributed by atoms with Crippen LogP contribution in [0.4, 0.5) is 0 Å². The highest BCUT2D eigenvalue weighted by atomic mass is 16.2. The van der Waals surface area contributed by atoms with Gasteiger partial charge in [0.2, 0.25) is 5.91 Å². The molecule has 0 aromatic rings. The lowest BCUT2D eigenvalue weighted by Crippen LogP contribution is -2.49. The molecule has 0 aromatic heterocycles. The van der Waals surface area contributed by atoms with Crippen LogP contribution in [-0.2, 0) is 4.79 Å². The van der Waals surface area contributed by atoms with Crippen LogP contribution in [0.25, 0.3) is 0 Å². The Bertz CT molecular complexity index is 213. The molecule has 0 aliphatic carbocycles. The molecule has 1 unspecified atom stereocenters. The third-order valence-electron chi connectivity index (χ3n) is 3.22. The molecule has 1 atom stereocenters. The first-order valence-corrected chi connectivity index (χ1v) is 5.49. The number of nitrogens with one attached hydrogen (secondary N) is 1. The van der Waals surface area contributed by atoms with E-state index in [4.69, 9.17) is 0 Å². The van der Waals surface area contributed by atoms with Gasteiger partial charge in [0.15, 0.2) is 0 Å². The van der Waals surface area contributed by atoms with Crippen molar-refractivity contribution in [2.24, 2.45) is 5.92 Å². The Morgan fingerprint density at radius 1 is 1.57 bits per heavy atom. The average molecular weight is 197 g/mol. The highest BCUT2D eigenvalue weighted by Crippen LogP contribution is 2.15. The summed E-state index contributed by atoms with van der Waals surface area (Å²) >= 11 is 0. The second-order valence-electron chi connectivity index (χ2n) is 4.29. The molecule has 2 saturated heterocycles. The smallest absolute Gasteiger partial charge is 0.236 e. The maximum atomic E-state index is 11.4. The lowest BCUT2D eigenvalue weighted by molar-refractivity contribution is -0.152. The van der Waals surface area contributed by atoms with E-state index in [1.54, 1.807) is 0 Å². The second kappa shape index (κ2) is 4.28. The van der Waals surface area contributed by atoms with Crippen LogP contribution in [0.15, 0.2) is 0 Å². The minimum absolute atomic E-state index is 0.266. The minimum atomic E-state index is 0.266. The number of carbonyl (C=O) groups is 1. The van der Waals surface area contributed by atoms with Gasteiger partial charge in [-0.1, -0.05) is 0 Å². The lowest BCUT2D eigenvalue weighted by atomic mass is 10.1. The number of hydrogen-bond acceptors (Lipinski definition) is 3. The molecule has 2 rings (SSSR count). The van der Waals surface area contributed by atoms with Crippen LogP contribution in [0, 0.1) is 5.92 Å². The number of hydrazine groups is 1. The summed E-state index contributed by atoms with van der Waals surface area (Å²) in [5.41, 5.74) is 0. The van der Waals surface area contributed by atoms with Crippen LogP contribution in [0.5, 0.6) is 0 Å². The van der Waals surface area contributed by atoms with Crippen molar-refractivity contribution in [3.8, 4) is 0 Å². The van der Waals surface area contributed by atoms with Crippen molar-refractivity contribution in [3.63, 3.8) is 0 Å². The highest BCUT2D eigenvalue weighted by Gasteiger charge is 2.25. The van der Waals surface area contributed by atoms with E-state index in [9.17, 15) is 4.79 Å². The highest BCUT2D eigenvalue weighted by molar-refractivity contribution is 5.75. The Balaban J connectivity index is 1.86. The Labute approximate surface area is 85.2 Å². The Morgan fingerprint density at radius 3 is 3.14 bits per heavy atom.